The number of esters is 1. The topological polar surface area (TPSA) is 55.4 Å². The molecular formula is C17H25NO3S. The minimum absolute atomic E-state index is 0.194. The lowest BCUT2D eigenvalue weighted by Crippen LogP contribution is -2.42. The fourth-order valence-corrected chi connectivity index (χ4v) is 3.96. The maximum absolute atomic E-state index is 12.0. The average molecular weight is 323 g/mol. The van der Waals surface area contributed by atoms with Crippen LogP contribution in [0.5, 0.6) is 0 Å². The van der Waals surface area contributed by atoms with E-state index in [1.807, 2.05) is 13.0 Å². The van der Waals surface area contributed by atoms with Crippen molar-refractivity contribution in [3.05, 3.63) is 21.4 Å². The van der Waals surface area contributed by atoms with Crippen LogP contribution in [-0.2, 0) is 16.0 Å². The number of aryl methyl sites for hydroxylation is 2. The van der Waals surface area contributed by atoms with E-state index in [0.717, 1.165) is 31.2 Å². The molecule has 0 aliphatic heterocycles. The molecular weight excluding hydrogens is 298 g/mol. The molecule has 0 radical (unpaired) electrons. The Kier molecular flexibility index (Phi) is 6.00. The molecule has 4 nitrogen and oxygen atoms in total. The summed E-state index contributed by atoms with van der Waals surface area (Å²) in [6.07, 6.45) is 5.47. The molecule has 0 aromatic carbocycles. The minimum Gasteiger partial charge on any atom is -0.451 e. The van der Waals surface area contributed by atoms with Gasteiger partial charge in [0.2, 0.25) is 0 Å². The van der Waals surface area contributed by atoms with Gasteiger partial charge < -0.3 is 10.1 Å². The third-order valence-electron chi connectivity index (χ3n) is 4.34. The lowest BCUT2D eigenvalue weighted by Gasteiger charge is -2.29. The third-order valence-corrected chi connectivity index (χ3v) is 5.70. The highest BCUT2D eigenvalue weighted by molar-refractivity contribution is 7.14. The Morgan fingerprint density at radius 1 is 1.36 bits per heavy atom. The Morgan fingerprint density at radius 2 is 2.09 bits per heavy atom. The molecule has 1 aliphatic carbocycles. The van der Waals surface area contributed by atoms with Crippen molar-refractivity contribution in [3.63, 3.8) is 0 Å². The van der Waals surface area contributed by atoms with Gasteiger partial charge in [-0.2, -0.15) is 0 Å². The van der Waals surface area contributed by atoms with Crippen molar-refractivity contribution >= 4 is 23.2 Å². The number of thiophene rings is 1. The van der Waals surface area contributed by atoms with Gasteiger partial charge in [0.15, 0.2) is 6.61 Å². The summed E-state index contributed by atoms with van der Waals surface area (Å²) >= 11 is 1.45. The minimum atomic E-state index is -0.403. The maximum Gasteiger partial charge on any atom is 0.348 e. The third kappa shape index (κ3) is 4.32. The summed E-state index contributed by atoms with van der Waals surface area (Å²) in [6, 6.07) is 2.06. The van der Waals surface area contributed by atoms with Crippen LogP contribution in [0, 0.1) is 12.8 Å². The highest BCUT2D eigenvalue weighted by Gasteiger charge is 2.23. The van der Waals surface area contributed by atoms with Crippen LogP contribution in [0.1, 0.15) is 59.6 Å². The summed E-state index contributed by atoms with van der Waals surface area (Å²) in [5.41, 5.74) is 1.11. The highest BCUT2D eigenvalue weighted by atomic mass is 32.1. The largest absolute Gasteiger partial charge is 0.451 e. The van der Waals surface area contributed by atoms with E-state index in [-0.39, 0.29) is 18.6 Å². The highest BCUT2D eigenvalue weighted by Crippen LogP contribution is 2.24. The summed E-state index contributed by atoms with van der Waals surface area (Å²) < 4.78 is 5.14. The lowest BCUT2D eigenvalue weighted by molar-refractivity contribution is -0.125. The van der Waals surface area contributed by atoms with Gasteiger partial charge in [0.05, 0.1) is 0 Å². The van der Waals surface area contributed by atoms with Crippen molar-refractivity contribution in [1.82, 2.24) is 5.32 Å². The average Bonchev–Trinajstić information content (AvgIpc) is 2.88. The second kappa shape index (κ2) is 7.77. The van der Waals surface area contributed by atoms with Crippen LogP contribution in [0.2, 0.25) is 0 Å². The van der Waals surface area contributed by atoms with Gasteiger partial charge in [-0.1, -0.05) is 26.7 Å². The van der Waals surface area contributed by atoms with Gasteiger partial charge in [-0.05, 0) is 43.7 Å². The molecule has 2 rings (SSSR count). The number of hydrogen-bond acceptors (Lipinski definition) is 4. The molecule has 0 saturated heterocycles. The van der Waals surface area contributed by atoms with E-state index in [4.69, 9.17) is 4.74 Å². The SMILES string of the molecule is CCc1sc(C(=O)OCC(=O)N[C@H]2CCCC[C@H]2C)cc1C. The molecule has 22 heavy (non-hydrogen) atoms. The van der Waals surface area contributed by atoms with E-state index >= 15 is 0 Å². The molecule has 1 fully saturated rings. The maximum atomic E-state index is 12.0. The molecule has 0 spiro atoms. The zero-order valence-electron chi connectivity index (χ0n) is 13.6. The quantitative estimate of drug-likeness (QED) is 0.844. The summed E-state index contributed by atoms with van der Waals surface area (Å²) in [5, 5.41) is 2.99. The summed E-state index contributed by atoms with van der Waals surface area (Å²) in [6.45, 7) is 6.02. The Bertz CT molecular complexity index is 538. The first-order valence-corrected chi connectivity index (χ1v) is 8.88. The van der Waals surface area contributed by atoms with Gasteiger partial charge in [0, 0.05) is 10.9 Å². The summed E-state index contributed by atoms with van der Waals surface area (Å²) in [5.74, 6) is -0.101. The molecule has 0 unspecified atom stereocenters. The molecule has 1 aromatic rings. The number of carbonyl (C=O) groups excluding carboxylic acids is 2. The van der Waals surface area contributed by atoms with Crippen molar-refractivity contribution < 1.29 is 14.3 Å². The van der Waals surface area contributed by atoms with Crippen molar-refractivity contribution in [3.8, 4) is 0 Å². The molecule has 1 aromatic heterocycles. The molecule has 2 atom stereocenters. The van der Waals surface area contributed by atoms with E-state index in [1.54, 1.807) is 0 Å². The second-order valence-electron chi connectivity index (χ2n) is 6.08. The predicted octanol–water partition coefficient (Wildman–Crippen LogP) is 3.47. The van der Waals surface area contributed by atoms with Crippen LogP contribution in [0.25, 0.3) is 0 Å². The Hall–Kier alpha value is -1.36. The van der Waals surface area contributed by atoms with E-state index in [1.165, 1.54) is 22.6 Å². The fourth-order valence-electron chi connectivity index (χ4n) is 2.95. The molecule has 1 N–H and O–H groups in total. The molecule has 1 amide bonds. The Morgan fingerprint density at radius 3 is 2.73 bits per heavy atom. The standard InChI is InChI=1S/C17H25NO3S/c1-4-14-12(3)9-15(22-14)17(20)21-10-16(19)18-13-8-6-5-7-11(13)2/h9,11,13H,4-8,10H2,1-3H3,(H,18,19)/t11-,13+/m1/s1. The normalized spacial score (nSPS) is 21.4. The van der Waals surface area contributed by atoms with Gasteiger partial charge in [-0.15, -0.1) is 11.3 Å². The number of amides is 1. The van der Waals surface area contributed by atoms with Crippen molar-refractivity contribution in [2.75, 3.05) is 6.61 Å². The first kappa shape index (κ1) is 17.0. The van der Waals surface area contributed by atoms with Gasteiger partial charge in [0.1, 0.15) is 4.88 Å². The molecule has 1 aliphatic rings. The van der Waals surface area contributed by atoms with Crippen LogP contribution < -0.4 is 5.32 Å². The fraction of sp³-hybridized carbons (Fsp3) is 0.647. The molecule has 1 heterocycles. The van der Waals surface area contributed by atoms with Crippen molar-refractivity contribution in [2.24, 2.45) is 5.92 Å². The van der Waals surface area contributed by atoms with E-state index < -0.39 is 5.97 Å². The van der Waals surface area contributed by atoms with E-state index in [0.29, 0.717) is 10.8 Å². The predicted molar refractivity (Wildman–Crippen MR) is 88.3 cm³/mol. The van der Waals surface area contributed by atoms with Gasteiger partial charge in [-0.3, -0.25) is 4.79 Å². The second-order valence-corrected chi connectivity index (χ2v) is 7.22. The monoisotopic (exact) mass is 323 g/mol. The van der Waals surface area contributed by atoms with Gasteiger partial charge in [-0.25, -0.2) is 4.79 Å². The number of nitrogens with one attached hydrogen (secondary N) is 1. The van der Waals surface area contributed by atoms with E-state index in [9.17, 15) is 9.59 Å². The number of ether oxygens (including phenoxy) is 1. The molecule has 5 heteroatoms. The first-order chi connectivity index (χ1) is 10.5. The molecule has 1 saturated carbocycles. The van der Waals surface area contributed by atoms with Gasteiger partial charge >= 0.3 is 5.97 Å². The Balaban J connectivity index is 1.81. The number of hydrogen-bond donors (Lipinski definition) is 1. The zero-order valence-corrected chi connectivity index (χ0v) is 14.4. The first-order valence-electron chi connectivity index (χ1n) is 8.07. The van der Waals surface area contributed by atoms with Crippen molar-refractivity contribution in [2.45, 2.75) is 58.9 Å². The number of carbonyl (C=O) groups is 2. The Labute approximate surface area is 136 Å². The van der Waals surface area contributed by atoms with Crippen molar-refractivity contribution in [1.29, 1.82) is 0 Å². The van der Waals surface area contributed by atoms with Crippen LogP contribution in [0.15, 0.2) is 6.07 Å². The van der Waals surface area contributed by atoms with E-state index in [2.05, 4.69) is 19.2 Å². The lowest BCUT2D eigenvalue weighted by atomic mass is 9.86. The molecule has 122 valence electrons. The van der Waals surface area contributed by atoms with Crippen LogP contribution >= 0.6 is 11.3 Å². The van der Waals surface area contributed by atoms with Crippen LogP contribution in [0.3, 0.4) is 0 Å². The molecule has 0 bridgehead atoms. The summed E-state index contributed by atoms with van der Waals surface area (Å²) in [7, 11) is 0. The number of rotatable bonds is 5. The van der Waals surface area contributed by atoms with Crippen LogP contribution in [0.4, 0.5) is 0 Å². The zero-order chi connectivity index (χ0) is 16.1. The smallest absolute Gasteiger partial charge is 0.348 e. The van der Waals surface area contributed by atoms with Gasteiger partial charge in [0.25, 0.3) is 5.91 Å². The summed E-state index contributed by atoms with van der Waals surface area (Å²) in [4.78, 5) is 25.7. The van der Waals surface area contributed by atoms with Crippen LogP contribution in [-0.4, -0.2) is 24.5 Å².